The van der Waals surface area contributed by atoms with Crippen molar-refractivity contribution < 1.29 is 4.79 Å². The first kappa shape index (κ1) is 12.3. The lowest BCUT2D eigenvalue weighted by atomic mass is 10.1. The highest BCUT2D eigenvalue weighted by molar-refractivity contribution is 7.99. The zero-order valence-corrected chi connectivity index (χ0v) is 11.1. The predicted octanol–water partition coefficient (Wildman–Crippen LogP) is 2.15. The maximum absolute atomic E-state index is 12.3. The summed E-state index contributed by atoms with van der Waals surface area (Å²) in [5, 5.41) is 0.513. The minimum Gasteiger partial charge on any atom is -0.398 e. The molecule has 0 radical (unpaired) electrons. The van der Waals surface area contributed by atoms with Crippen LogP contribution < -0.4 is 5.73 Å². The molecule has 3 nitrogen and oxygen atoms in total. The van der Waals surface area contributed by atoms with Gasteiger partial charge in [0.05, 0.1) is 5.56 Å². The maximum Gasteiger partial charge on any atom is 0.256 e. The van der Waals surface area contributed by atoms with Crippen LogP contribution in [-0.2, 0) is 0 Å². The van der Waals surface area contributed by atoms with Gasteiger partial charge in [0.2, 0.25) is 0 Å². The van der Waals surface area contributed by atoms with Gasteiger partial charge in [-0.3, -0.25) is 4.79 Å². The summed E-state index contributed by atoms with van der Waals surface area (Å²) in [7, 11) is 0. The van der Waals surface area contributed by atoms with E-state index in [0.29, 0.717) is 16.5 Å². The topological polar surface area (TPSA) is 46.3 Å². The number of hydrogen-bond donors (Lipinski definition) is 1. The van der Waals surface area contributed by atoms with Gasteiger partial charge in [0, 0.05) is 29.8 Å². The highest BCUT2D eigenvalue weighted by Gasteiger charge is 2.23. The van der Waals surface area contributed by atoms with Crippen molar-refractivity contribution in [1.82, 2.24) is 4.90 Å². The fourth-order valence-corrected chi connectivity index (χ4v) is 3.06. The highest BCUT2D eigenvalue weighted by Crippen LogP contribution is 2.22. The van der Waals surface area contributed by atoms with Crippen LogP contribution >= 0.6 is 11.8 Å². The molecule has 1 aliphatic heterocycles. The van der Waals surface area contributed by atoms with Crippen LogP contribution in [0.25, 0.3) is 0 Å². The Kier molecular flexibility index (Phi) is 3.62. The predicted molar refractivity (Wildman–Crippen MR) is 73.4 cm³/mol. The van der Waals surface area contributed by atoms with E-state index in [2.05, 4.69) is 6.92 Å². The summed E-state index contributed by atoms with van der Waals surface area (Å²) < 4.78 is 0. The summed E-state index contributed by atoms with van der Waals surface area (Å²) in [5.41, 5.74) is 8.21. The number of benzene rings is 1. The smallest absolute Gasteiger partial charge is 0.256 e. The number of nitrogens with zero attached hydrogens (tertiary/aromatic N) is 1. The molecule has 1 aromatic rings. The Labute approximate surface area is 106 Å². The fraction of sp³-hybridized carbons (Fsp3) is 0.462. The molecule has 2 rings (SSSR count). The molecule has 1 aliphatic rings. The zero-order chi connectivity index (χ0) is 12.4. The second-order valence-electron chi connectivity index (χ2n) is 4.52. The molecule has 1 unspecified atom stereocenters. The molecule has 0 bridgehead atoms. The van der Waals surface area contributed by atoms with Crippen LogP contribution in [0.5, 0.6) is 0 Å². The quantitative estimate of drug-likeness (QED) is 0.777. The zero-order valence-electron chi connectivity index (χ0n) is 10.3. The van der Waals surface area contributed by atoms with Crippen molar-refractivity contribution in [3.8, 4) is 0 Å². The van der Waals surface area contributed by atoms with Crippen LogP contribution in [0.4, 0.5) is 5.69 Å². The van der Waals surface area contributed by atoms with E-state index < -0.39 is 0 Å². The molecule has 1 heterocycles. The Bertz CT molecular complexity index is 433. The lowest BCUT2D eigenvalue weighted by molar-refractivity contribution is 0.0764. The van der Waals surface area contributed by atoms with Crippen molar-refractivity contribution in [2.24, 2.45) is 0 Å². The van der Waals surface area contributed by atoms with Crippen molar-refractivity contribution in [3.63, 3.8) is 0 Å². The average molecular weight is 250 g/mol. The Morgan fingerprint density at radius 2 is 2.29 bits per heavy atom. The molecule has 1 amide bonds. The number of carbonyl (C=O) groups excluding carboxylic acids is 1. The molecular formula is C13H18N2OS. The summed E-state index contributed by atoms with van der Waals surface area (Å²) in [5.74, 6) is 1.08. The van der Waals surface area contributed by atoms with Crippen LogP contribution in [0.2, 0.25) is 0 Å². The van der Waals surface area contributed by atoms with Gasteiger partial charge in [-0.2, -0.15) is 11.8 Å². The molecular weight excluding hydrogens is 232 g/mol. The number of nitrogen functional groups attached to an aromatic ring is 1. The number of anilines is 1. The van der Waals surface area contributed by atoms with Crippen molar-refractivity contribution in [3.05, 3.63) is 29.3 Å². The normalized spacial score (nSPS) is 20.4. The number of carbonyl (C=O) groups is 1. The largest absolute Gasteiger partial charge is 0.398 e. The number of hydrogen-bond acceptors (Lipinski definition) is 3. The van der Waals surface area contributed by atoms with Gasteiger partial charge in [0.1, 0.15) is 0 Å². The molecule has 92 valence electrons. The third kappa shape index (κ3) is 2.75. The van der Waals surface area contributed by atoms with E-state index in [0.717, 1.165) is 24.4 Å². The van der Waals surface area contributed by atoms with E-state index >= 15 is 0 Å². The van der Waals surface area contributed by atoms with Crippen molar-refractivity contribution in [2.75, 3.05) is 24.6 Å². The van der Waals surface area contributed by atoms with Crippen molar-refractivity contribution in [2.45, 2.75) is 19.1 Å². The Morgan fingerprint density at radius 1 is 1.53 bits per heavy atom. The maximum atomic E-state index is 12.3. The van der Waals surface area contributed by atoms with E-state index in [-0.39, 0.29) is 5.91 Å². The van der Waals surface area contributed by atoms with Crippen LogP contribution in [0.3, 0.4) is 0 Å². The summed E-state index contributed by atoms with van der Waals surface area (Å²) in [6.45, 7) is 5.77. The second-order valence-corrected chi connectivity index (χ2v) is 6.07. The summed E-state index contributed by atoms with van der Waals surface area (Å²) >= 11 is 1.92. The monoisotopic (exact) mass is 250 g/mol. The summed E-state index contributed by atoms with van der Waals surface area (Å²) in [6, 6.07) is 5.63. The Morgan fingerprint density at radius 3 is 2.94 bits per heavy atom. The molecule has 1 atom stereocenters. The van der Waals surface area contributed by atoms with Gasteiger partial charge < -0.3 is 10.6 Å². The summed E-state index contributed by atoms with van der Waals surface area (Å²) in [4.78, 5) is 14.2. The molecule has 1 saturated heterocycles. The number of aryl methyl sites for hydroxylation is 1. The molecule has 4 heteroatoms. The average Bonchev–Trinajstić information content (AvgIpc) is 2.28. The molecule has 17 heavy (non-hydrogen) atoms. The number of rotatable bonds is 1. The molecule has 1 aromatic carbocycles. The molecule has 0 saturated carbocycles. The highest BCUT2D eigenvalue weighted by atomic mass is 32.2. The number of thioether (sulfide) groups is 1. The van der Waals surface area contributed by atoms with E-state index in [1.807, 2.05) is 41.8 Å². The lowest BCUT2D eigenvalue weighted by Crippen LogP contribution is -2.41. The first-order valence-electron chi connectivity index (χ1n) is 5.85. The SMILES string of the molecule is Cc1ccc(C(=O)N2CCSC(C)C2)c(N)c1. The Balaban J connectivity index is 2.18. The number of amides is 1. The van der Waals surface area contributed by atoms with Gasteiger partial charge in [-0.15, -0.1) is 0 Å². The van der Waals surface area contributed by atoms with Gasteiger partial charge >= 0.3 is 0 Å². The van der Waals surface area contributed by atoms with E-state index in [9.17, 15) is 4.79 Å². The van der Waals surface area contributed by atoms with Crippen LogP contribution in [0.1, 0.15) is 22.8 Å². The van der Waals surface area contributed by atoms with E-state index in [1.54, 1.807) is 0 Å². The van der Waals surface area contributed by atoms with Crippen LogP contribution in [-0.4, -0.2) is 34.9 Å². The standard InChI is InChI=1S/C13H18N2OS/c1-9-3-4-11(12(14)7-9)13(16)15-5-6-17-10(2)8-15/h3-4,7,10H,5-6,8,14H2,1-2H3. The van der Waals surface area contributed by atoms with Crippen LogP contribution in [0, 0.1) is 6.92 Å². The van der Waals surface area contributed by atoms with Crippen LogP contribution in [0.15, 0.2) is 18.2 Å². The third-order valence-corrected chi connectivity index (χ3v) is 4.10. The van der Waals surface area contributed by atoms with Gasteiger partial charge in [0.25, 0.3) is 5.91 Å². The van der Waals surface area contributed by atoms with Crippen molar-refractivity contribution in [1.29, 1.82) is 0 Å². The first-order chi connectivity index (χ1) is 8.08. The van der Waals surface area contributed by atoms with E-state index in [1.165, 1.54) is 0 Å². The third-order valence-electron chi connectivity index (χ3n) is 2.97. The molecule has 0 aliphatic carbocycles. The van der Waals surface area contributed by atoms with Crippen molar-refractivity contribution >= 4 is 23.4 Å². The minimum atomic E-state index is 0.0645. The molecule has 1 fully saturated rings. The second kappa shape index (κ2) is 5.00. The van der Waals surface area contributed by atoms with E-state index in [4.69, 9.17) is 5.73 Å². The Hall–Kier alpha value is -1.16. The first-order valence-corrected chi connectivity index (χ1v) is 6.90. The fourth-order valence-electron chi connectivity index (χ4n) is 2.05. The minimum absolute atomic E-state index is 0.0645. The van der Waals surface area contributed by atoms with Gasteiger partial charge in [-0.05, 0) is 24.6 Å². The number of nitrogens with two attached hydrogens (primary N) is 1. The molecule has 0 aromatic heterocycles. The molecule has 0 spiro atoms. The van der Waals surface area contributed by atoms with Gasteiger partial charge in [0.15, 0.2) is 0 Å². The lowest BCUT2D eigenvalue weighted by Gasteiger charge is -2.31. The van der Waals surface area contributed by atoms with Gasteiger partial charge in [-0.1, -0.05) is 13.0 Å². The molecule has 2 N–H and O–H groups in total. The summed E-state index contributed by atoms with van der Waals surface area (Å²) in [6.07, 6.45) is 0. The van der Waals surface area contributed by atoms with Gasteiger partial charge in [-0.25, -0.2) is 0 Å².